The number of hydrogen-bond acceptors (Lipinski definition) is 6. The van der Waals surface area contributed by atoms with E-state index in [0.717, 1.165) is 11.3 Å². The lowest BCUT2D eigenvalue weighted by molar-refractivity contribution is -0.229. The molecule has 4 rings (SSSR count). The summed E-state index contributed by atoms with van der Waals surface area (Å²) < 4.78 is 29.7. The topological polar surface area (TPSA) is 75.3 Å². The van der Waals surface area contributed by atoms with E-state index in [0.29, 0.717) is 0 Å². The number of anilines is 1. The van der Waals surface area contributed by atoms with E-state index in [1.807, 2.05) is 58.9 Å². The molecule has 3 heterocycles. The molecule has 1 aromatic carbocycles. The SMILES string of the molecule is Cc1ccccc1NC(=O)[C@H]1O[C@H]2OC(C)(C)O[C@@H]2[C@@H]2OC(C)(C)O[C@@H]21. The van der Waals surface area contributed by atoms with Crippen molar-refractivity contribution >= 4 is 11.6 Å². The van der Waals surface area contributed by atoms with Gasteiger partial charge in [-0.05, 0) is 46.2 Å². The van der Waals surface area contributed by atoms with E-state index in [-0.39, 0.29) is 5.91 Å². The molecule has 3 fully saturated rings. The Hall–Kier alpha value is -1.51. The van der Waals surface area contributed by atoms with Gasteiger partial charge in [0.15, 0.2) is 24.0 Å². The fraction of sp³-hybridized carbons (Fsp3) is 0.632. The Balaban J connectivity index is 1.59. The van der Waals surface area contributed by atoms with Crippen LogP contribution in [0.15, 0.2) is 24.3 Å². The Morgan fingerprint density at radius 3 is 2.27 bits per heavy atom. The van der Waals surface area contributed by atoms with E-state index < -0.39 is 42.3 Å². The zero-order valence-corrected chi connectivity index (χ0v) is 15.6. The lowest BCUT2D eigenvalue weighted by Gasteiger charge is -2.36. The predicted molar refractivity (Wildman–Crippen MR) is 92.3 cm³/mol. The fourth-order valence-corrected chi connectivity index (χ4v) is 3.74. The van der Waals surface area contributed by atoms with Crippen molar-refractivity contribution in [3.8, 4) is 0 Å². The Morgan fingerprint density at radius 1 is 0.923 bits per heavy atom. The monoisotopic (exact) mass is 363 g/mol. The molecule has 3 saturated heterocycles. The van der Waals surface area contributed by atoms with Gasteiger partial charge >= 0.3 is 0 Å². The second-order valence-corrected chi connectivity index (χ2v) is 7.89. The van der Waals surface area contributed by atoms with Gasteiger partial charge in [0, 0.05) is 5.69 Å². The zero-order chi connectivity index (χ0) is 18.7. The third kappa shape index (κ3) is 3.14. The minimum Gasteiger partial charge on any atom is -0.342 e. The highest BCUT2D eigenvalue weighted by atomic mass is 16.9. The lowest BCUT2D eigenvalue weighted by atomic mass is 9.98. The third-order valence-corrected chi connectivity index (χ3v) is 4.82. The molecule has 0 saturated carbocycles. The van der Waals surface area contributed by atoms with Crippen LogP contribution in [0, 0.1) is 6.92 Å². The molecule has 142 valence electrons. The summed E-state index contributed by atoms with van der Waals surface area (Å²) in [5, 5.41) is 2.92. The van der Waals surface area contributed by atoms with Crippen LogP contribution in [0.2, 0.25) is 0 Å². The van der Waals surface area contributed by atoms with Crippen LogP contribution < -0.4 is 5.32 Å². The molecule has 26 heavy (non-hydrogen) atoms. The molecular formula is C19H25NO6. The summed E-state index contributed by atoms with van der Waals surface area (Å²) in [6, 6.07) is 7.58. The summed E-state index contributed by atoms with van der Waals surface area (Å²) in [5.41, 5.74) is 1.71. The van der Waals surface area contributed by atoms with Gasteiger partial charge in [0.1, 0.15) is 18.3 Å². The van der Waals surface area contributed by atoms with E-state index in [9.17, 15) is 4.79 Å². The lowest BCUT2D eigenvalue weighted by Crippen LogP contribution is -2.58. The van der Waals surface area contributed by atoms with Crippen molar-refractivity contribution in [2.75, 3.05) is 5.32 Å². The number of carbonyl (C=O) groups is 1. The number of benzene rings is 1. The molecule has 0 spiro atoms. The number of fused-ring (bicyclic) bond motifs is 3. The summed E-state index contributed by atoms with van der Waals surface area (Å²) in [6.07, 6.45) is -3.01. The Kier molecular flexibility index (Phi) is 4.13. The molecule has 7 heteroatoms. The number of aryl methyl sites for hydroxylation is 1. The summed E-state index contributed by atoms with van der Waals surface area (Å²) in [7, 11) is 0. The molecule has 0 aromatic heterocycles. The smallest absolute Gasteiger partial charge is 0.256 e. The van der Waals surface area contributed by atoms with Crippen molar-refractivity contribution in [2.24, 2.45) is 0 Å². The molecule has 1 N–H and O–H groups in total. The van der Waals surface area contributed by atoms with E-state index in [1.165, 1.54) is 0 Å². The molecule has 1 aromatic rings. The first-order chi connectivity index (χ1) is 12.2. The van der Waals surface area contributed by atoms with Gasteiger partial charge in [-0.1, -0.05) is 18.2 Å². The van der Waals surface area contributed by atoms with E-state index in [2.05, 4.69) is 5.32 Å². The Morgan fingerprint density at radius 2 is 1.54 bits per heavy atom. The standard InChI is InChI=1S/C19H25NO6/c1-10-8-6-7-9-11(10)20-16(21)14-12-13(24-18(2,3)23-12)15-17(22-14)26-19(4,5)25-15/h6-9,12-15,17H,1-5H3,(H,20,21)/t12-,13+,14-,15+,17-/m0/s1. The first kappa shape index (κ1) is 17.9. The van der Waals surface area contributed by atoms with E-state index in [4.69, 9.17) is 23.7 Å². The number of para-hydroxylation sites is 1. The average Bonchev–Trinajstić information content (AvgIpc) is 3.02. The third-order valence-electron chi connectivity index (χ3n) is 4.82. The van der Waals surface area contributed by atoms with Crippen molar-refractivity contribution < 1.29 is 28.5 Å². The molecule has 3 aliphatic heterocycles. The van der Waals surface area contributed by atoms with Crippen LogP contribution in [-0.2, 0) is 28.5 Å². The van der Waals surface area contributed by atoms with Gasteiger partial charge < -0.3 is 29.0 Å². The Bertz CT molecular complexity index is 718. The van der Waals surface area contributed by atoms with Gasteiger partial charge in [-0.15, -0.1) is 0 Å². The number of ether oxygens (including phenoxy) is 5. The largest absolute Gasteiger partial charge is 0.342 e. The number of nitrogens with one attached hydrogen (secondary N) is 1. The van der Waals surface area contributed by atoms with Crippen LogP contribution in [0.5, 0.6) is 0 Å². The van der Waals surface area contributed by atoms with Crippen molar-refractivity contribution in [1.29, 1.82) is 0 Å². The van der Waals surface area contributed by atoms with Crippen molar-refractivity contribution in [3.05, 3.63) is 29.8 Å². The maximum absolute atomic E-state index is 13.0. The van der Waals surface area contributed by atoms with Gasteiger partial charge in [0.25, 0.3) is 5.91 Å². The van der Waals surface area contributed by atoms with E-state index >= 15 is 0 Å². The normalized spacial score (nSPS) is 37.0. The Labute approximate surface area is 152 Å². The highest BCUT2D eigenvalue weighted by Crippen LogP contribution is 2.44. The average molecular weight is 363 g/mol. The van der Waals surface area contributed by atoms with Crippen molar-refractivity contribution in [3.63, 3.8) is 0 Å². The molecule has 3 aliphatic rings. The quantitative estimate of drug-likeness (QED) is 0.869. The molecule has 7 nitrogen and oxygen atoms in total. The first-order valence-electron chi connectivity index (χ1n) is 8.88. The van der Waals surface area contributed by atoms with Gasteiger partial charge in [-0.3, -0.25) is 4.79 Å². The number of rotatable bonds is 2. The van der Waals surface area contributed by atoms with E-state index in [1.54, 1.807) is 0 Å². The highest BCUT2D eigenvalue weighted by Gasteiger charge is 2.62. The van der Waals surface area contributed by atoms with Crippen LogP contribution in [0.3, 0.4) is 0 Å². The number of carbonyl (C=O) groups excluding carboxylic acids is 1. The molecular weight excluding hydrogens is 338 g/mol. The second kappa shape index (κ2) is 6.00. The highest BCUT2D eigenvalue weighted by molar-refractivity contribution is 5.95. The van der Waals surface area contributed by atoms with Crippen molar-refractivity contribution in [2.45, 2.75) is 76.9 Å². The van der Waals surface area contributed by atoms with Gasteiger partial charge in [0.05, 0.1) is 0 Å². The number of amides is 1. The zero-order valence-electron chi connectivity index (χ0n) is 15.6. The van der Waals surface area contributed by atoms with Crippen LogP contribution in [-0.4, -0.2) is 48.2 Å². The maximum Gasteiger partial charge on any atom is 0.256 e. The van der Waals surface area contributed by atoms with Crippen LogP contribution >= 0.6 is 0 Å². The predicted octanol–water partition coefficient (Wildman–Crippen LogP) is 2.33. The van der Waals surface area contributed by atoms with Gasteiger partial charge in [-0.25, -0.2) is 0 Å². The minimum absolute atomic E-state index is 0.289. The molecule has 0 aliphatic carbocycles. The molecule has 0 unspecified atom stereocenters. The minimum atomic E-state index is -0.861. The molecule has 0 radical (unpaired) electrons. The summed E-state index contributed by atoms with van der Waals surface area (Å²) >= 11 is 0. The van der Waals surface area contributed by atoms with Crippen LogP contribution in [0.4, 0.5) is 5.69 Å². The van der Waals surface area contributed by atoms with Crippen molar-refractivity contribution in [1.82, 2.24) is 0 Å². The van der Waals surface area contributed by atoms with Gasteiger partial charge in [-0.2, -0.15) is 0 Å². The molecule has 0 bridgehead atoms. The summed E-state index contributed by atoms with van der Waals surface area (Å²) in [5.74, 6) is -1.93. The summed E-state index contributed by atoms with van der Waals surface area (Å²) in [4.78, 5) is 13.0. The first-order valence-corrected chi connectivity index (χ1v) is 8.88. The fourth-order valence-electron chi connectivity index (χ4n) is 3.74. The van der Waals surface area contributed by atoms with Crippen LogP contribution in [0.25, 0.3) is 0 Å². The second-order valence-electron chi connectivity index (χ2n) is 7.89. The molecule has 1 amide bonds. The number of hydrogen-bond donors (Lipinski definition) is 1. The van der Waals surface area contributed by atoms with Gasteiger partial charge in [0.2, 0.25) is 0 Å². The maximum atomic E-state index is 13.0. The van der Waals surface area contributed by atoms with Crippen LogP contribution in [0.1, 0.15) is 33.3 Å². The molecule has 5 atom stereocenters. The summed E-state index contributed by atoms with van der Waals surface area (Å²) in [6.45, 7) is 9.19.